The maximum Gasteiger partial charge on any atom is 0.338 e. The summed E-state index contributed by atoms with van der Waals surface area (Å²) in [5, 5.41) is 5.60. The molecule has 0 saturated heterocycles. The second-order valence-corrected chi connectivity index (χ2v) is 5.49. The number of hydrogen-bond donors (Lipinski definition) is 1. The Balaban J connectivity index is 2.09. The van der Waals surface area contributed by atoms with Gasteiger partial charge < -0.3 is 10.1 Å². The number of ether oxygens (including phenoxy) is 1. The van der Waals surface area contributed by atoms with Gasteiger partial charge in [-0.25, -0.2) is 4.79 Å². The van der Waals surface area contributed by atoms with Gasteiger partial charge in [0.25, 0.3) is 0 Å². The van der Waals surface area contributed by atoms with Crippen LogP contribution in [0.5, 0.6) is 0 Å². The minimum Gasteiger partial charge on any atom is -0.465 e. The van der Waals surface area contributed by atoms with Crippen molar-refractivity contribution in [1.29, 1.82) is 0 Å². The van der Waals surface area contributed by atoms with Crippen LogP contribution in [0.25, 0.3) is 0 Å². The lowest BCUT2D eigenvalue weighted by molar-refractivity contribution is 0.0599. The molecule has 4 heteroatoms. The molecule has 2 rings (SSSR count). The van der Waals surface area contributed by atoms with Crippen molar-refractivity contribution < 1.29 is 9.53 Å². The van der Waals surface area contributed by atoms with E-state index in [0.717, 1.165) is 12.0 Å². The summed E-state index contributed by atoms with van der Waals surface area (Å²) in [5.41, 5.74) is 1.60. The lowest BCUT2D eigenvalue weighted by atomic mass is 10.1. The van der Waals surface area contributed by atoms with E-state index >= 15 is 0 Å². The largest absolute Gasteiger partial charge is 0.465 e. The molecule has 0 aliphatic rings. The van der Waals surface area contributed by atoms with Crippen molar-refractivity contribution in [3.63, 3.8) is 0 Å². The standard InChI is InChI=1S/C16H19NO2S/c1-3-14(15-9-6-10-20-15)17-11-12-7-4-5-8-13(12)16(18)19-2/h4-10,14,17H,3,11H2,1-2H3. The van der Waals surface area contributed by atoms with E-state index in [4.69, 9.17) is 4.74 Å². The number of nitrogens with one attached hydrogen (secondary N) is 1. The first-order valence-corrected chi connectivity index (χ1v) is 7.57. The molecule has 0 aliphatic carbocycles. The maximum atomic E-state index is 11.7. The highest BCUT2D eigenvalue weighted by Gasteiger charge is 2.13. The van der Waals surface area contributed by atoms with Crippen LogP contribution >= 0.6 is 11.3 Å². The molecule has 0 radical (unpaired) electrons. The van der Waals surface area contributed by atoms with Gasteiger partial charge in [-0.3, -0.25) is 0 Å². The van der Waals surface area contributed by atoms with Crippen LogP contribution in [-0.2, 0) is 11.3 Å². The molecule has 0 spiro atoms. The molecule has 1 heterocycles. The smallest absolute Gasteiger partial charge is 0.338 e. The van der Waals surface area contributed by atoms with Gasteiger partial charge in [0, 0.05) is 17.5 Å². The van der Waals surface area contributed by atoms with Crippen LogP contribution in [0.15, 0.2) is 41.8 Å². The predicted molar refractivity (Wildman–Crippen MR) is 82.0 cm³/mol. The molecule has 1 aromatic heterocycles. The van der Waals surface area contributed by atoms with Crippen LogP contribution in [0.3, 0.4) is 0 Å². The first-order valence-electron chi connectivity index (χ1n) is 6.69. The van der Waals surface area contributed by atoms with Crippen molar-refractivity contribution in [3.05, 3.63) is 57.8 Å². The zero-order valence-electron chi connectivity index (χ0n) is 11.8. The first kappa shape index (κ1) is 14.8. The van der Waals surface area contributed by atoms with E-state index in [2.05, 4.69) is 29.8 Å². The summed E-state index contributed by atoms with van der Waals surface area (Å²) < 4.78 is 4.82. The predicted octanol–water partition coefficient (Wildman–Crippen LogP) is 3.78. The van der Waals surface area contributed by atoms with E-state index in [-0.39, 0.29) is 5.97 Å². The minimum atomic E-state index is -0.286. The van der Waals surface area contributed by atoms with Gasteiger partial charge in [0.05, 0.1) is 12.7 Å². The van der Waals surface area contributed by atoms with Gasteiger partial charge in [-0.2, -0.15) is 0 Å². The van der Waals surface area contributed by atoms with Gasteiger partial charge in [0.15, 0.2) is 0 Å². The molecule has 0 aliphatic heterocycles. The zero-order valence-corrected chi connectivity index (χ0v) is 12.6. The summed E-state index contributed by atoms with van der Waals surface area (Å²) in [6, 6.07) is 12.1. The Kier molecular flexibility index (Phi) is 5.32. The molecule has 1 aromatic carbocycles. The molecule has 106 valence electrons. The van der Waals surface area contributed by atoms with Crippen molar-refractivity contribution in [3.8, 4) is 0 Å². The van der Waals surface area contributed by atoms with Gasteiger partial charge in [0.2, 0.25) is 0 Å². The fourth-order valence-corrected chi connectivity index (χ4v) is 3.04. The molecule has 2 aromatic rings. The Morgan fingerprint density at radius 3 is 2.75 bits per heavy atom. The van der Waals surface area contributed by atoms with Gasteiger partial charge in [-0.05, 0) is 29.5 Å². The molecule has 0 saturated carbocycles. The highest BCUT2D eigenvalue weighted by Crippen LogP contribution is 2.22. The maximum absolute atomic E-state index is 11.7. The molecule has 1 N–H and O–H groups in total. The van der Waals surface area contributed by atoms with Crippen LogP contribution in [0.2, 0.25) is 0 Å². The molecule has 3 nitrogen and oxygen atoms in total. The number of thiophene rings is 1. The number of carbonyl (C=O) groups excluding carboxylic acids is 1. The van der Waals surface area contributed by atoms with Gasteiger partial charge >= 0.3 is 5.97 Å². The topological polar surface area (TPSA) is 38.3 Å². The Morgan fingerprint density at radius 2 is 2.10 bits per heavy atom. The molecule has 0 fully saturated rings. The Hall–Kier alpha value is -1.65. The number of methoxy groups -OCH3 is 1. The summed E-state index contributed by atoms with van der Waals surface area (Å²) >= 11 is 1.75. The number of carbonyl (C=O) groups is 1. The van der Waals surface area contributed by atoms with Crippen molar-refractivity contribution in [1.82, 2.24) is 5.32 Å². The lowest BCUT2D eigenvalue weighted by Gasteiger charge is -2.16. The van der Waals surface area contributed by atoms with E-state index < -0.39 is 0 Å². The quantitative estimate of drug-likeness (QED) is 0.823. The summed E-state index contributed by atoms with van der Waals surface area (Å²) in [4.78, 5) is 13.1. The highest BCUT2D eigenvalue weighted by atomic mass is 32.1. The summed E-state index contributed by atoms with van der Waals surface area (Å²) in [7, 11) is 1.41. The average Bonchev–Trinajstić information content (AvgIpc) is 3.02. The summed E-state index contributed by atoms with van der Waals surface area (Å²) in [6.07, 6.45) is 1.01. The molecule has 0 amide bonds. The van der Waals surface area contributed by atoms with Crippen LogP contribution in [-0.4, -0.2) is 13.1 Å². The van der Waals surface area contributed by atoms with Crippen LogP contribution in [0.4, 0.5) is 0 Å². The molecular weight excluding hydrogens is 270 g/mol. The molecule has 1 atom stereocenters. The number of rotatable bonds is 6. The van der Waals surface area contributed by atoms with Crippen molar-refractivity contribution in [2.45, 2.75) is 25.9 Å². The van der Waals surface area contributed by atoms with E-state index in [9.17, 15) is 4.79 Å². The second kappa shape index (κ2) is 7.22. The lowest BCUT2D eigenvalue weighted by Crippen LogP contribution is -2.21. The van der Waals surface area contributed by atoms with Gasteiger partial charge in [-0.1, -0.05) is 31.2 Å². The fraction of sp³-hybridized carbons (Fsp3) is 0.312. The van der Waals surface area contributed by atoms with Crippen molar-refractivity contribution >= 4 is 17.3 Å². The third-order valence-corrected chi connectivity index (χ3v) is 4.24. The molecular formula is C16H19NO2S. The minimum absolute atomic E-state index is 0.286. The third-order valence-electron chi connectivity index (χ3n) is 3.26. The van der Waals surface area contributed by atoms with E-state index in [1.165, 1.54) is 12.0 Å². The summed E-state index contributed by atoms with van der Waals surface area (Å²) in [6.45, 7) is 2.81. The third kappa shape index (κ3) is 3.46. The van der Waals surface area contributed by atoms with Crippen LogP contribution < -0.4 is 5.32 Å². The zero-order chi connectivity index (χ0) is 14.4. The van der Waals surface area contributed by atoms with Crippen LogP contribution in [0.1, 0.15) is 40.2 Å². The van der Waals surface area contributed by atoms with Crippen molar-refractivity contribution in [2.75, 3.05) is 7.11 Å². The van der Waals surface area contributed by atoms with Gasteiger partial charge in [-0.15, -0.1) is 11.3 Å². The Bertz CT molecular complexity index is 551. The van der Waals surface area contributed by atoms with E-state index in [1.54, 1.807) is 17.4 Å². The fourth-order valence-electron chi connectivity index (χ4n) is 2.15. The Labute approximate surface area is 123 Å². The second-order valence-electron chi connectivity index (χ2n) is 4.51. The number of benzene rings is 1. The van der Waals surface area contributed by atoms with E-state index in [1.807, 2.05) is 18.2 Å². The molecule has 1 unspecified atom stereocenters. The SMILES string of the molecule is CCC(NCc1ccccc1C(=O)OC)c1cccs1. The highest BCUT2D eigenvalue weighted by molar-refractivity contribution is 7.10. The van der Waals surface area contributed by atoms with Gasteiger partial charge in [0.1, 0.15) is 0 Å². The van der Waals surface area contributed by atoms with E-state index in [0.29, 0.717) is 18.2 Å². The summed E-state index contributed by atoms with van der Waals surface area (Å²) in [5.74, 6) is -0.286. The monoisotopic (exact) mass is 289 g/mol. The molecule has 20 heavy (non-hydrogen) atoms. The van der Waals surface area contributed by atoms with Crippen molar-refractivity contribution in [2.24, 2.45) is 0 Å². The normalized spacial score (nSPS) is 12.1. The Morgan fingerprint density at radius 1 is 1.30 bits per heavy atom. The first-order chi connectivity index (χ1) is 9.76. The van der Waals surface area contributed by atoms with Crippen LogP contribution in [0, 0.1) is 0 Å². The number of esters is 1. The molecule has 0 bridgehead atoms. The number of hydrogen-bond acceptors (Lipinski definition) is 4. The average molecular weight is 289 g/mol.